The standard InChI is InChI=1S/C17H27N3O.2ClH/c1-14-6-5-10-20(13-14)11-9-19-17(21)16(18)12-15-7-3-2-4-8-15;;/h2-4,7-8,14,16H,5-6,9-13,18H2,1H3,(H,19,21);2*1H. The van der Waals surface area contributed by atoms with E-state index in [9.17, 15) is 4.79 Å². The summed E-state index contributed by atoms with van der Waals surface area (Å²) in [5.41, 5.74) is 7.07. The average molecular weight is 362 g/mol. The second-order valence-electron chi connectivity index (χ2n) is 6.14. The van der Waals surface area contributed by atoms with Crippen LogP contribution in [0.25, 0.3) is 0 Å². The highest BCUT2D eigenvalue weighted by molar-refractivity contribution is 5.85. The topological polar surface area (TPSA) is 58.4 Å². The molecule has 0 aliphatic carbocycles. The first-order valence-corrected chi connectivity index (χ1v) is 7.94. The van der Waals surface area contributed by atoms with E-state index in [0.717, 1.165) is 31.1 Å². The Balaban J connectivity index is 0.00000242. The largest absolute Gasteiger partial charge is 0.353 e. The Morgan fingerprint density at radius 3 is 2.70 bits per heavy atom. The molecule has 3 N–H and O–H groups in total. The molecular formula is C17H29Cl2N3O. The molecule has 4 nitrogen and oxygen atoms in total. The van der Waals surface area contributed by atoms with Gasteiger partial charge in [-0.25, -0.2) is 0 Å². The van der Waals surface area contributed by atoms with Crippen molar-refractivity contribution < 1.29 is 4.79 Å². The molecule has 0 aromatic heterocycles. The van der Waals surface area contributed by atoms with E-state index in [4.69, 9.17) is 5.73 Å². The van der Waals surface area contributed by atoms with Gasteiger partial charge in [0.25, 0.3) is 0 Å². The van der Waals surface area contributed by atoms with Crippen LogP contribution in [0.4, 0.5) is 0 Å². The van der Waals surface area contributed by atoms with Crippen LogP contribution in [0.15, 0.2) is 30.3 Å². The molecular weight excluding hydrogens is 333 g/mol. The van der Waals surface area contributed by atoms with Crippen molar-refractivity contribution in [2.45, 2.75) is 32.2 Å². The van der Waals surface area contributed by atoms with Crippen LogP contribution in [0.2, 0.25) is 0 Å². The van der Waals surface area contributed by atoms with Gasteiger partial charge in [-0.1, -0.05) is 37.3 Å². The van der Waals surface area contributed by atoms with E-state index in [1.54, 1.807) is 0 Å². The number of nitrogens with two attached hydrogens (primary N) is 1. The van der Waals surface area contributed by atoms with Crippen molar-refractivity contribution in [3.05, 3.63) is 35.9 Å². The Morgan fingerprint density at radius 1 is 1.35 bits per heavy atom. The van der Waals surface area contributed by atoms with E-state index in [-0.39, 0.29) is 30.7 Å². The number of carbonyl (C=O) groups is 1. The summed E-state index contributed by atoms with van der Waals surface area (Å²) in [6.07, 6.45) is 3.18. The molecule has 1 fully saturated rings. The minimum absolute atomic E-state index is 0. The lowest BCUT2D eigenvalue weighted by molar-refractivity contribution is -0.122. The van der Waals surface area contributed by atoms with Gasteiger partial charge >= 0.3 is 0 Å². The maximum absolute atomic E-state index is 12.0. The summed E-state index contributed by atoms with van der Waals surface area (Å²) in [5, 5.41) is 2.96. The number of hydrogen-bond donors (Lipinski definition) is 2. The Labute approximate surface area is 152 Å². The molecule has 1 amide bonds. The fourth-order valence-corrected chi connectivity index (χ4v) is 2.92. The molecule has 132 valence electrons. The molecule has 1 aliphatic heterocycles. The van der Waals surface area contributed by atoms with Crippen molar-refractivity contribution in [3.63, 3.8) is 0 Å². The first-order chi connectivity index (χ1) is 10.1. The molecule has 1 heterocycles. The van der Waals surface area contributed by atoms with E-state index in [2.05, 4.69) is 17.1 Å². The molecule has 1 aliphatic rings. The Kier molecular flexibility index (Phi) is 11.3. The van der Waals surface area contributed by atoms with Crippen LogP contribution in [0.1, 0.15) is 25.3 Å². The highest BCUT2D eigenvalue weighted by Crippen LogP contribution is 2.14. The number of likely N-dealkylation sites (tertiary alicyclic amines) is 1. The summed E-state index contributed by atoms with van der Waals surface area (Å²) in [6.45, 7) is 6.20. The fourth-order valence-electron chi connectivity index (χ4n) is 2.92. The second kappa shape index (κ2) is 11.7. The number of hydrogen-bond acceptors (Lipinski definition) is 3. The maximum Gasteiger partial charge on any atom is 0.237 e. The van der Waals surface area contributed by atoms with Gasteiger partial charge in [-0.2, -0.15) is 0 Å². The van der Waals surface area contributed by atoms with Crippen LogP contribution in [0.5, 0.6) is 0 Å². The second-order valence-corrected chi connectivity index (χ2v) is 6.14. The van der Waals surface area contributed by atoms with Gasteiger partial charge in [0.05, 0.1) is 6.04 Å². The highest BCUT2D eigenvalue weighted by atomic mass is 35.5. The van der Waals surface area contributed by atoms with E-state index in [0.29, 0.717) is 13.0 Å². The van der Waals surface area contributed by atoms with Crippen molar-refractivity contribution in [1.29, 1.82) is 0 Å². The molecule has 2 atom stereocenters. The Hall–Kier alpha value is -0.810. The van der Waals surface area contributed by atoms with Gasteiger partial charge in [0, 0.05) is 19.6 Å². The molecule has 2 rings (SSSR count). The minimum Gasteiger partial charge on any atom is -0.353 e. The molecule has 6 heteroatoms. The number of benzene rings is 1. The number of carbonyl (C=O) groups excluding carboxylic acids is 1. The van der Waals surface area contributed by atoms with Crippen LogP contribution < -0.4 is 11.1 Å². The molecule has 0 radical (unpaired) electrons. The van der Waals surface area contributed by atoms with Crippen LogP contribution in [0, 0.1) is 5.92 Å². The first kappa shape index (κ1) is 22.2. The maximum atomic E-state index is 12.0. The third kappa shape index (κ3) is 8.02. The molecule has 0 bridgehead atoms. The molecule has 0 saturated carbocycles. The van der Waals surface area contributed by atoms with E-state index in [1.165, 1.54) is 12.8 Å². The zero-order chi connectivity index (χ0) is 15.1. The van der Waals surface area contributed by atoms with Gasteiger partial charge in [0.2, 0.25) is 5.91 Å². The zero-order valence-corrected chi connectivity index (χ0v) is 15.4. The van der Waals surface area contributed by atoms with E-state index >= 15 is 0 Å². The lowest BCUT2D eigenvalue weighted by atomic mass is 10.0. The number of nitrogens with one attached hydrogen (secondary N) is 1. The SMILES string of the molecule is CC1CCCN(CCNC(=O)C(N)Cc2ccccc2)C1.Cl.Cl. The van der Waals surface area contributed by atoms with Gasteiger partial charge in [-0.15, -0.1) is 24.8 Å². The van der Waals surface area contributed by atoms with E-state index in [1.807, 2.05) is 30.3 Å². The molecule has 2 unspecified atom stereocenters. The monoisotopic (exact) mass is 361 g/mol. The predicted molar refractivity (Wildman–Crippen MR) is 100 cm³/mol. The number of halogens is 2. The quantitative estimate of drug-likeness (QED) is 0.816. The molecule has 1 saturated heterocycles. The summed E-state index contributed by atoms with van der Waals surface area (Å²) in [6, 6.07) is 9.45. The van der Waals surface area contributed by atoms with Gasteiger partial charge in [0.1, 0.15) is 0 Å². The van der Waals surface area contributed by atoms with Crippen LogP contribution in [0.3, 0.4) is 0 Å². The summed E-state index contributed by atoms with van der Waals surface area (Å²) in [4.78, 5) is 14.4. The molecule has 1 aromatic carbocycles. The number of piperidine rings is 1. The first-order valence-electron chi connectivity index (χ1n) is 7.94. The fraction of sp³-hybridized carbons (Fsp3) is 0.588. The van der Waals surface area contributed by atoms with Crippen LogP contribution in [-0.4, -0.2) is 43.0 Å². The van der Waals surface area contributed by atoms with Crippen molar-refractivity contribution >= 4 is 30.7 Å². The number of rotatable bonds is 6. The molecule has 1 aromatic rings. The van der Waals surface area contributed by atoms with Crippen molar-refractivity contribution in [1.82, 2.24) is 10.2 Å². The smallest absolute Gasteiger partial charge is 0.237 e. The summed E-state index contributed by atoms with van der Waals surface area (Å²) >= 11 is 0. The normalized spacial score (nSPS) is 19.1. The summed E-state index contributed by atoms with van der Waals surface area (Å²) in [7, 11) is 0. The number of nitrogens with zero attached hydrogens (tertiary/aromatic N) is 1. The third-order valence-electron chi connectivity index (χ3n) is 4.10. The Morgan fingerprint density at radius 2 is 2.04 bits per heavy atom. The van der Waals surface area contributed by atoms with Crippen LogP contribution in [-0.2, 0) is 11.2 Å². The lowest BCUT2D eigenvalue weighted by Crippen LogP contribution is -2.45. The third-order valence-corrected chi connectivity index (χ3v) is 4.10. The predicted octanol–water partition coefficient (Wildman–Crippen LogP) is 2.25. The average Bonchev–Trinajstić information content (AvgIpc) is 2.48. The van der Waals surface area contributed by atoms with Crippen LogP contribution >= 0.6 is 24.8 Å². The highest BCUT2D eigenvalue weighted by Gasteiger charge is 2.17. The molecule has 0 spiro atoms. The van der Waals surface area contributed by atoms with Gasteiger partial charge in [-0.3, -0.25) is 4.79 Å². The Bertz CT molecular complexity index is 445. The molecule has 23 heavy (non-hydrogen) atoms. The summed E-state index contributed by atoms with van der Waals surface area (Å²) in [5.74, 6) is 0.721. The number of amides is 1. The zero-order valence-electron chi connectivity index (χ0n) is 13.7. The summed E-state index contributed by atoms with van der Waals surface area (Å²) < 4.78 is 0. The van der Waals surface area contributed by atoms with E-state index < -0.39 is 6.04 Å². The lowest BCUT2D eigenvalue weighted by Gasteiger charge is -2.30. The van der Waals surface area contributed by atoms with Gasteiger partial charge in [0.15, 0.2) is 0 Å². The van der Waals surface area contributed by atoms with Crippen molar-refractivity contribution in [2.24, 2.45) is 11.7 Å². The minimum atomic E-state index is -0.465. The van der Waals surface area contributed by atoms with Gasteiger partial charge < -0.3 is 16.0 Å². The van der Waals surface area contributed by atoms with Crippen molar-refractivity contribution in [2.75, 3.05) is 26.2 Å². The van der Waals surface area contributed by atoms with Gasteiger partial charge in [-0.05, 0) is 37.3 Å². The van der Waals surface area contributed by atoms with Crippen molar-refractivity contribution in [3.8, 4) is 0 Å².